The standard InChI is InChI=1S/C21H11ClF5N3O2S/c1-32-20(31)16-17(15-13(22)6-3-7-14(15)24)29-33-18(16)12-9-28-30(19(12)21(25,26)27)11-5-2-4-10(23)8-11/h2-9H,1H3. The highest BCUT2D eigenvalue weighted by atomic mass is 35.5. The zero-order valence-electron chi connectivity index (χ0n) is 16.5. The number of carbonyl (C=O) groups excluding carboxylic acids is 1. The largest absolute Gasteiger partial charge is 0.465 e. The minimum atomic E-state index is -4.95. The van der Waals surface area contributed by atoms with Gasteiger partial charge < -0.3 is 4.74 Å². The second-order valence-electron chi connectivity index (χ2n) is 6.62. The van der Waals surface area contributed by atoms with Crippen LogP contribution < -0.4 is 0 Å². The number of rotatable bonds is 4. The molecule has 12 heteroatoms. The van der Waals surface area contributed by atoms with Crippen LogP contribution in [0.15, 0.2) is 48.7 Å². The highest BCUT2D eigenvalue weighted by Gasteiger charge is 2.41. The van der Waals surface area contributed by atoms with Crippen LogP contribution in [0.5, 0.6) is 0 Å². The second-order valence-corrected chi connectivity index (χ2v) is 7.80. The molecule has 2 heterocycles. The van der Waals surface area contributed by atoms with Gasteiger partial charge in [-0.3, -0.25) is 0 Å². The first-order chi connectivity index (χ1) is 15.6. The Bertz CT molecular complexity index is 1350. The van der Waals surface area contributed by atoms with Gasteiger partial charge in [-0.1, -0.05) is 23.7 Å². The summed E-state index contributed by atoms with van der Waals surface area (Å²) < 4.78 is 79.8. The Balaban J connectivity index is 2.01. The molecule has 0 atom stereocenters. The molecular formula is C21H11ClF5N3O2S. The molecule has 0 aliphatic rings. The van der Waals surface area contributed by atoms with Gasteiger partial charge in [0.2, 0.25) is 0 Å². The van der Waals surface area contributed by atoms with E-state index in [1.54, 1.807) is 0 Å². The highest BCUT2D eigenvalue weighted by Crippen LogP contribution is 2.44. The molecule has 0 fully saturated rings. The smallest absolute Gasteiger partial charge is 0.434 e. The molecule has 2 aromatic carbocycles. The zero-order chi connectivity index (χ0) is 23.9. The normalized spacial score (nSPS) is 11.6. The third-order valence-electron chi connectivity index (χ3n) is 4.62. The summed E-state index contributed by atoms with van der Waals surface area (Å²) in [7, 11) is 1.03. The van der Waals surface area contributed by atoms with E-state index >= 15 is 0 Å². The van der Waals surface area contributed by atoms with E-state index in [2.05, 4.69) is 9.47 Å². The fourth-order valence-corrected chi connectivity index (χ4v) is 4.39. The number of aromatic nitrogens is 3. The lowest BCUT2D eigenvalue weighted by atomic mass is 10.0. The van der Waals surface area contributed by atoms with Gasteiger partial charge in [0, 0.05) is 5.56 Å². The molecule has 0 aliphatic carbocycles. The van der Waals surface area contributed by atoms with Crippen molar-refractivity contribution in [2.24, 2.45) is 0 Å². The maximum absolute atomic E-state index is 14.5. The van der Waals surface area contributed by atoms with E-state index in [0.29, 0.717) is 16.2 Å². The van der Waals surface area contributed by atoms with E-state index in [-0.39, 0.29) is 26.8 Å². The number of hydrogen-bond donors (Lipinski definition) is 0. The Labute approximate surface area is 192 Å². The Morgan fingerprint density at radius 3 is 2.52 bits per heavy atom. The van der Waals surface area contributed by atoms with Crippen molar-refractivity contribution in [2.75, 3.05) is 7.11 Å². The predicted molar refractivity (Wildman–Crippen MR) is 111 cm³/mol. The molecular weight excluding hydrogens is 489 g/mol. The molecule has 5 nitrogen and oxygen atoms in total. The maximum Gasteiger partial charge on any atom is 0.434 e. The lowest BCUT2D eigenvalue weighted by Crippen LogP contribution is -2.15. The minimum absolute atomic E-state index is 0.0940. The van der Waals surface area contributed by atoms with Gasteiger partial charge in [-0.25, -0.2) is 18.3 Å². The molecule has 0 saturated carbocycles. The SMILES string of the molecule is COC(=O)c1c(-c2c(F)cccc2Cl)nsc1-c1cnn(-c2cccc(F)c2)c1C(F)(F)F. The molecule has 0 bridgehead atoms. The molecule has 4 rings (SSSR count). The fraction of sp³-hybridized carbons (Fsp3) is 0.0952. The van der Waals surface area contributed by atoms with Gasteiger partial charge in [-0.15, -0.1) is 0 Å². The van der Waals surface area contributed by atoms with E-state index in [1.807, 2.05) is 0 Å². The molecule has 170 valence electrons. The summed E-state index contributed by atoms with van der Waals surface area (Å²) in [6.45, 7) is 0. The first-order valence-corrected chi connectivity index (χ1v) is 10.2. The van der Waals surface area contributed by atoms with Gasteiger partial charge in [-0.05, 0) is 41.9 Å². The van der Waals surface area contributed by atoms with Crippen LogP contribution in [0.1, 0.15) is 16.1 Å². The number of ether oxygens (including phenoxy) is 1. The van der Waals surface area contributed by atoms with Crippen molar-refractivity contribution < 1.29 is 31.5 Å². The quantitative estimate of drug-likeness (QED) is 0.241. The lowest BCUT2D eigenvalue weighted by Gasteiger charge is -2.13. The van der Waals surface area contributed by atoms with E-state index in [1.165, 1.54) is 24.3 Å². The van der Waals surface area contributed by atoms with Gasteiger partial charge in [0.15, 0.2) is 5.69 Å². The summed E-state index contributed by atoms with van der Waals surface area (Å²) in [6, 6.07) is 8.18. The number of carbonyl (C=O) groups is 1. The Kier molecular flexibility index (Phi) is 5.93. The summed E-state index contributed by atoms with van der Waals surface area (Å²) in [6.07, 6.45) is -4.08. The summed E-state index contributed by atoms with van der Waals surface area (Å²) in [5, 5.41) is 3.68. The highest BCUT2D eigenvalue weighted by molar-refractivity contribution is 7.10. The van der Waals surface area contributed by atoms with Crippen LogP contribution >= 0.6 is 23.1 Å². The number of nitrogens with zero attached hydrogens (tertiary/aromatic N) is 3. The average Bonchev–Trinajstić information content (AvgIpc) is 3.37. The van der Waals surface area contributed by atoms with Crippen molar-refractivity contribution >= 4 is 29.1 Å². The van der Waals surface area contributed by atoms with Gasteiger partial charge in [0.25, 0.3) is 0 Å². The van der Waals surface area contributed by atoms with Crippen molar-refractivity contribution in [1.29, 1.82) is 0 Å². The van der Waals surface area contributed by atoms with Crippen molar-refractivity contribution in [1.82, 2.24) is 14.2 Å². The first kappa shape index (κ1) is 22.9. The first-order valence-electron chi connectivity index (χ1n) is 9.07. The molecule has 0 aliphatic heterocycles. The summed E-state index contributed by atoms with van der Waals surface area (Å²) in [4.78, 5) is 12.3. The topological polar surface area (TPSA) is 57.0 Å². The number of alkyl halides is 3. The predicted octanol–water partition coefficient (Wildman–Crippen LogP) is 6.40. The van der Waals surface area contributed by atoms with Gasteiger partial charge in [0.05, 0.1) is 34.5 Å². The van der Waals surface area contributed by atoms with E-state index < -0.39 is 40.6 Å². The van der Waals surface area contributed by atoms with Gasteiger partial charge in [-0.2, -0.15) is 22.6 Å². The van der Waals surface area contributed by atoms with Crippen LogP contribution in [0.4, 0.5) is 22.0 Å². The number of hydrogen-bond acceptors (Lipinski definition) is 5. The summed E-state index contributed by atoms with van der Waals surface area (Å²) in [5.41, 5.74) is -2.89. The molecule has 0 spiro atoms. The van der Waals surface area contributed by atoms with E-state index in [9.17, 15) is 26.7 Å². The van der Waals surface area contributed by atoms with Crippen LogP contribution in [0.25, 0.3) is 27.4 Å². The van der Waals surface area contributed by atoms with Gasteiger partial charge >= 0.3 is 12.1 Å². The molecule has 0 amide bonds. The Morgan fingerprint density at radius 2 is 1.88 bits per heavy atom. The van der Waals surface area contributed by atoms with E-state index in [4.69, 9.17) is 16.3 Å². The average molecular weight is 500 g/mol. The molecule has 0 unspecified atom stereocenters. The summed E-state index contributed by atoms with van der Waals surface area (Å²) in [5.74, 6) is -2.63. The van der Waals surface area contributed by atoms with Crippen molar-refractivity contribution in [3.05, 3.63) is 76.6 Å². The van der Waals surface area contributed by atoms with Crippen LogP contribution in [-0.4, -0.2) is 27.2 Å². The second kappa shape index (κ2) is 8.56. The number of benzene rings is 2. The molecule has 2 aromatic heterocycles. The number of halogens is 6. The minimum Gasteiger partial charge on any atom is -0.465 e. The van der Waals surface area contributed by atoms with E-state index in [0.717, 1.165) is 31.5 Å². The van der Waals surface area contributed by atoms with Crippen LogP contribution in [0.2, 0.25) is 5.02 Å². The van der Waals surface area contributed by atoms with Gasteiger partial charge in [0.1, 0.15) is 22.9 Å². The third-order valence-corrected chi connectivity index (χ3v) is 5.81. The van der Waals surface area contributed by atoms with Crippen LogP contribution in [0.3, 0.4) is 0 Å². The number of methoxy groups -OCH3 is 1. The fourth-order valence-electron chi connectivity index (χ4n) is 3.25. The van der Waals surface area contributed by atoms with Crippen LogP contribution in [-0.2, 0) is 10.9 Å². The van der Waals surface area contributed by atoms with Crippen molar-refractivity contribution in [3.63, 3.8) is 0 Å². The molecule has 33 heavy (non-hydrogen) atoms. The van der Waals surface area contributed by atoms with Crippen molar-refractivity contribution in [2.45, 2.75) is 6.18 Å². The molecule has 0 radical (unpaired) electrons. The monoisotopic (exact) mass is 499 g/mol. The Hall–Kier alpha value is -3.31. The Morgan fingerprint density at radius 1 is 1.15 bits per heavy atom. The third kappa shape index (κ3) is 4.09. The summed E-state index contributed by atoms with van der Waals surface area (Å²) >= 11 is 6.61. The molecule has 4 aromatic rings. The van der Waals surface area contributed by atoms with Crippen molar-refractivity contribution in [3.8, 4) is 27.4 Å². The number of esters is 1. The molecule has 0 N–H and O–H groups in total. The molecule has 0 saturated heterocycles. The lowest BCUT2D eigenvalue weighted by molar-refractivity contribution is -0.142. The zero-order valence-corrected chi connectivity index (χ0v) is 18.0. The maximum atomic E-state index is 14.5. The van der Waals surface area contributed by atoms with Crippen LogP contribution in [0, 0.1) is 11.6 Å².